The molecular weight excluding hydrogens is 189 g/mol. The third-order valence-corrected chi connectivity index (χ3v) is 1.55. The van der Waals surface area contributed by atoms with Gasteiger partial charge in [0.2, 0.25) is 0 Å². The van der Waals surface area contributed by atoms with Crippen molar-refractivity contribution in [3.63, 3.8) is 0 Å². The van der Waals surface area contributed by atoms with Crippen LogP contribution in [-0.2, 0) is 4.74 Å². The maximum Gasteiger partial charge on any atom is 0.673 e. The molecule has 0 radical (unpaired) electrons. The molecule has 0 bridgehead atoms. The van der Waals surface area contributed by atoms with E-state index in [1.807, 2.05) is 0 Å². The first-order valence-corrected chi connectivity index (χ1v) is 4.11. The summed E-state index contributed by atoms with van der Waals surface area (Å²) in [6.07, 6.45) is 0. The van der Waals surface area contributed by atoms with E-state index in [1.165, 1.54) is 6.54 Å². The lowest BCUT2D eigenvalue weighted by Crippen LogP contribution is -2.35. The molecule has 7 heteroatoms. The van der Waals surface area contributed by atoms with Gasteiger partial charge < -0.3 is 22.0 Å². The Morgan fingerprint density at radius 1 is 1.15 bits per heavy atom. The Morgan fingerprint density at radius 3 is 1.77 bits per heavy atom. The zero-order chi connectivity index (χ0) is 10.3. The van der Waals surface area contributed by atoms with E-state index in [9.17, 15) is 17.3 Å². The van der Waals surface area contributed by atoms with Gasteiger partial charge in [-0.05, 0) is 6.54 Å². The molecule has 0 N–H and O–H groups in total. The second kappa shape index (κ2) is 6.20. The van der Waals surface area contributed by atoms with Crippen LogP contribution in [0.2, 0.25) is 0 Å². The average molecular weight is 202 g/mol. The highest BCUT2D eigenvalue weighted by Crippen LogP contribution is 2.06. The Hall–Kier alpha value is -0.295. The maximum atomic E-state index is 9.75. The van der Waals surface area contributed by atoms with E-state index < -0.39 is 7.25 Å². The zero-order valence-electron chi connectivity index (χ0n) is 7.48. The van der Waals surface area contributed by atoms with Gasteiger partial charge in [-0.2, -0.15) is 0 Å². The van der Waals surface area contributed by atoms with E-state index in [0.29, 0.717) is 0 Å². The van der Waals surface area contributed by atoms with E-state index in [-0.39, 0.29) is 0 Å². The quantitative estimate of drug-likeness (QED) is 0.473. The van der Waals surface area contributed by atoms with Gasteiger partial charge in [0, 0.05) is 13.1 Å². The first-order valence-electron chi connectivity index (χ1n) is 4.11. The Morgan fingerprint density at radius 2 is 1.54 bits per heavy atom. The Balaban J connectivity index is 0.000000252. The molecule has 0 saturated carbocycles. The van der Waals surface area contributed by atoms with Crippen LogP contribution < -0.4 is 0 Å². The highest BCUT2D eigenvalue weighted by atomic mass is 19.5. The van der Waals surface area contributed by atoms with Gasteiger partial charge in [-0.1, -0.05) is 6.92 Å². The number of morpholine rings is 1. The summed E-state index contributed by atoms with van der Waals surface area (Å²) in [6.45, 7) is 7.45. The predicted molar refractivity (Wildman–Crippen MR) is 43.1 cm³/mol. The number of hydrogen-bond donors (Lipinski definition) is 0. The molecule has 0 amide bonds. The van der Waals surface area contributed by atoms with Crippen LogP contribution in [0.3, 0.4) is 0 Å². The number of likely N-dealkylation sites (N-methyl/N-ethyl adjacent to an activating group) is 1. The number of nitrogens with zero attached hydrogens (tertiary/aromatic N) is 1. The monoisotopic (exact) mass is 202 g/mol. The molecule has 1 rings (SSSR count). The first-order chi connectivity index (χ1) is 5.93. The third kappa shape index (κ3) is 11.7. The van der Waals surface area contributed by atoms with Crippen LogP contribution >= 0.6 is 0 Å². The standard InChI is InChI=1S/C6H13NO.BF4/c1-2-7-3-5-8-6-4-7;2-1(3,4)5/h2-6H2,1H3;/q;-1. The molecular formula is C6H13BF4NO-. The van der Waals surface area contributed by atoms with Crippen LogP contribution in [0.25, 0.3) is 0 Å². The molecule has 0 aromatic rings. The summed E-state index contributed by atoms with van der Waals surface area (Å²) in [7, 11) is -6.00. The highest BCUT2D eigenvalue weighted by Gasteiger charge is 2.20. The summed E-state index contributed by atoms with van der Waals surface area (Å²) >= 11 is 0. The smallest absolute Gasteiger partial charge is 0.418 e. The van der Waals surface area contributed by atoms with Crippen molar-refractivity contribution in [2.75, 3.05) is 32.8 Å². The summed E-state index contributed by atoms with van der Waals surface area (Å²) in [6, 6.07) is 0. The van der Waals surface area contributed by atoms with Crippen LogP contribution in [0.5, 0.6) is 0 Å². The average Bonchev–Trinajstić information content (AvgIpc) is 2.03. The van der Waals surface area contributed by atoms with Gasteiger partial charge >= 0.3 is 7.25 Å². The second-order valence-corrected chi connectivity index (χ2v) is 2.54. The van der Waals surface area contributed by atoms with Crippen LogP contribution in [0.1, 0.15) is 6.92 Å². The molecule has 80 valence electrons. The SMILES string of the molecule is CCN1CCOCC1.F[B-](F)(F)F. The lowest BCUT2D eigenvalue weighted by Gasteiger charge is -2.24. The van der Waals surface area contributed by atoms with Crippen LogP contribution in [0.15, 0.2) is 0 Å². The summed E-state index contributed by atoms with van der Waals surface area (Å²) in [5.74, 6) is 0. The van der Waals surface area contributed by atoms with Crippen molar-refractivity contribution in [2.24, 2.45) is 0 Å². The normalized spacial score (nSPS) is 19.2. The van der Waals surface area contributed by atoms with Crippen molar-refractivity contribution >= 4 is 7.25 Å². The van der Waals surface area contributed by atoms with Crippen LogP contribution in [0.4, 0.5) is 17.3 Å². The largest absolute Gasteiger partial charge is 0.673 e. The lowest BCUT2D eigenvalue weighted by atomic mass is 10.3. The minimum Gasteiger partial charge on any atom is -0.418 e. The summed E-state index contributed by atoms with van der Waals surface area (Å²) in [5.41, 5.74) is 0. The van der Waals surface area contributed by atoms with E-state index >= 15 is 0 Å². The molecule has 13 heavy (non-hydrogen) atoms. The van der Waals surface area contributed by atoms with E-state index in [1.54, 1.807) is 0 Å². The molecule has 1 aliphatic rings. The Bertz CT molecular complexity index is 120. The molecule has 0 aliphatic carbocycles. The van der Waals surface area contributed by atoms with Crippen molar-refractivity contribution < 1.29 is 22.0 Å². The van der Waals surface area contributed by atoms with Crippen molar-refractivity contribution in [2.45, 2.75) is 6.92 Å². The Labute approximate surface area is 75.0 Å². The van der Waals surface area contributed by atoms with Gasteiger partial charge in [0.25, 0.3) is 0 Å². The van der Waals surface area contributed by atoms with E-state index in [0.717, 1.165) is 26.3 Å². The minimum absolute atomic E-state index is 0.924. The van der Waals surface area contributed by atoms with Gasteiger partial charge in [0.05, 0.1) is 13.2 Å². The van der Waals surface area contributed by atoms with Crippen LogP contribution in [0, 0.1) is 0 Å². The topological polar surface area (TPSA) is 12.5 Å². The third-order valence-electron chi connectivity index (χ3n) is 1.55. The number of rotatable bonds is 1. The molecule has 1 fully saturated rings. The molecule has 1 heterocycles. The van der Waals surface area contributed by atoms with E-state index in [2.05, 4.69) is 11.8 Å². The number of hydrogen-bond acceptors (Lipinski definition) is 2. The van der Waals surface area contributed by atoms with Gasteiger partial charge in [0.1, 0.15) is 0 Å². The number of halogens is 4. The lowest BCUT2D eigenvalue weighted by molar-refractivity contribution is 0.0405. The number of ether oxygens (including phenoxy) is 1. The molecule has 0 aromatic heterocycles. The van der Waals surface area contributed by atoms with Gasteiger partial charge in [-0.15, -0.1) is 0 Å². The molecule has 2 nitrogen and oxygen atoms in total. The zero-order valence-corrected chi connectivity index (χ0v) is 7.48. The maximum absolute atomic E-state index is 9.75. The molecule has 0 aromatic carbocycles. The summed E-state index contributed by atoms with van der Waals surface area (Å²) in [5, 5.41) is 0. The highest BCUT2D eigenvalue weighted by molar-refractivity contribution is 6.50. The molecule has 0 spiro atoms. The predicted octanol–water partition coefficient (Wildman–Crippen LogP) is 1.64. The fraction of sp³-hybridized carbons (Fsp3) is 1.00. The summed E-state index contributed by atoms with van der Waals surface area (Å²) in [4.78, 5) is 2.39. The van der Waals surface area contributed by atoms with Gasteiger partial charge in [-0.25, -0.2) is 0 Å². The Kier molecular flexibility index (Phi) is 6.06. The van der Waals surface area contributed by atoms with Crippen LogP contribution in [-0.4, -0.2) is 45.0 Å². The van der Waals surface area contributed by atoms with Gasteiger partial charge in [0.15, 0.2) is 0 Å². The first kappa shape index (κ1) is 12.7. The summed E-state index contributed by atoms with van der Waals surface area (Å²) < 4.78 is 44.2. The molecule has 1 aliphatic heterocycles. The minimum atomic E-state index is -6.00. The fourth-order valence-electron chi connectivity index (χ4n) is 0.917. The van der Waals surface area contributed by atoms with Crippen molar-refractivity contribution in [3.05, 3.63) is 0 Å². The van der Waals surface area contributed by atoms with Gasteiger partial charge in [-0.3, -0.25) is 4.90 Å². The second-order valence-electron chi connectivity index (χ2n) is 2.54. The molecule has 0 atom stereocenters. The van der Waals surface area contributed by atoms with Crippen molar-refractivity contribution in [1.29, 1.82) is 0 Å². The van der Waals surface area contributed by atoms with Crippen molar-refractivity contribution in [1.82, 2.24) is 4.90 Å². The molecule has 0 unspecified atom stereocenters. The van der Waals surface area contributed by atoms with Crippen molar-refractivity contribution in [3.8, 4) is 0 Å². The fourth-order valence-corrected chi connectivity index (χ4v) is 0.917. The molecule has 1 saturated heterocycles. The van der Waals surface area contributed by atoms with E-state index in [4.69, 9.17) is 4.74 Å².